The quantitative estimate of drug-likeness (QED) is 0.376. The molecule has 2 aromatic rings. The Morgan fingerprint density at radius 3 is 2.52 bits per heavy atom. The minimum absolute atomic E-state index is 0.162. The fourth-order valence-corrected chi connectivity index (χ4v) is 3.00. The van der Waals surface area contributed by atoms with Gasteiger partial charge in [-0.2, -0.15) is 4.98 Å². The molecule has 0 aliphatic carbocycles. The average Bonchev–Trinajstić information content (AvgIpc) is 2.62. The smallest absolute Gasteiger partial charge is 0.338 e. The standard InChI is InChI=1S/C18H21N3O5S/c1-4-13-15(23)20-18(21-16(13)24)27-10(3)14(22)19-12-8-6-11(7-9-12)17(25)26-5-2/h6-10H,4-5H2,1-3H3,(H,19,22)(H2,20,21,23,24)/t10-/m1/s1. The summed E-state index contributed by atoms with van der Waals surface area (Å²) in [4.78, 5) is 42.3. The predicted molar refractivity (Wildman–Crippen MR) is 102 cm³/mol. The second-order valence-corrected chi connectivity index (χ2v) is 6.90. The van der Waals surface area contributed by atoms with Crippen LogP contribution in [0.15, 0.2) is 34.2 Å². The first kappa shape index (κ1) is 20.5. The van der Waals surface area contributed by atoms with E-state index in [1.54, 1.807) is 45.0 Å². The third kappa shape index (κ3) is 5.33. The third-order valence-electron chi connectivity index (χ3n) is 3.65. The Balaban J connectivity index is 2.01. The van der Waals surface area contributed by atoms with Crippen molar-refractivity contribution in [2.45, 2.75) is 37.6 Å². The van der Waals surface area contributed by atoms with E-state index in [1.807, 2.05) is 0 Å². The van der Waals surface area contributed by atoms with E-state index in [0.29, 0.717) is 17.7 Å². The number of nitrogens with one attached hydrogen (secondary N) is 2. The Morgan fingerprint density at radius 2 is 1.96 bits per heavy atom. The van der Waals surface area contributed by atoms with Gasteiger partial charge in [0.25, 0.3) is 5.56 Å². The molecule has 1 atom stereocenters. The van der Waals surface area contributed by atoms with Crippen LogP contribution in [0.4, 0.5) is 5.69 Å². The van der Waals surface area contributed by atoms with Crippen molar-refractivity contribution in [3.63, 3.8) is 0 Å². The molecule has 0 saturated heterocycles. The van der Waals surface area contributed by atoms with E-state index in [2.05, 4.69) is 15.3 Å². The van der Waals surface area contributed by atoms with Crippen molar-refractivity contribution in [3.8, 4) is 5.88 Å². The lowest BCUT2D eigenvalue weighted by molar-refractivity contribution is -0.115. The molecule has 9 heteroatoms. The molecule has 27 heavy (non-hydrogen) atoms. The number of aromatic hydroxyl groups is 1. The fraction of sp³-hybridized carbons (Fsp3) is 0.333. The highest BCUT2D eigenvalue weighted by Gasteiger charge is 2.18. The van der Waals surface area contributed by atoms with Gasteiger partial charge in [0.1, 0.15) is 0 Å². The molecule has 0 radical (unpaired) electrons. The maximum Gasteiger partial charge on any atom is 0.338 e. The Hall–Kier alpha value is -2.81. The molecule has 0 fully saturated rings. The molecule has 0 saturated carbocycles. The number of aromatic amines is 1. The van der Waals surface area contributed by atoms with Crippen LogP contribution in [0.5, 0.6) is 5.88 Å². The van der Waals surface area contributed by atoms with Gasteiger partial charge in [0.05, 0.1) is 23.0 Å². The predicted octanol–water partition coefficient (Wildman–Crippen LogP) is 2.33. The Kier molecular flexibility index (Phi) is 7.00. The lowest BCUT2D eigenvalue weighted by Gasteiger charge is -2.12. The summed E-state index contributed by atoms with van der Waals surface area (Å²) < 4.78 is 4.90. The summed E-state index contributed by atoms with van der Waals surface area (Å²) in [6.07, 6.45) is 0.358. The minimum Gasteiger partial charge on any atom is -0.493 e. The number of amides is 1. The molecule has 8 nitrogen and oxygen atoms in total. The average molecular weight is 391 g/mol. The number of H-pyrrole nitrogens is 1. The molecular weight excluding hydrogens is 370 g/mol. The summed E-state index contributed by atoms with van der Waals surface area (Å²) >= 11 is 1.02. The van der Waals surface area contributed by atoms with Crippen molar-refractivity contribution >= 4 is 29.3 Å². The molecule has 0 unspecified atom stereocenters. The fourth-order valence-electron chi connectivity index (χ4n) is 2.21. The SMILES string of the molecule is CCOC(=O)c1ccc(NC(=O)[C@@H](C)Sc2nc(O)c(CC)c(=O)[nH]2)cc1. The second-order valence-electron chi connectivity index (χ2n) is 5.57. The van der Waals surface area contributed by atoms with Crippen molar-refractivity contribution in [1.29, 1.82) is 0 Å². The lowest BCUT2D eigenvalue weighted by Crippen LogP contribution is -2.23. The largest absolute Gasteiger partial charge is 0.493 e. The number of hydrogen-bond acceptors (Lipinski definition) is 7. The number of ether oxygens (including phenoxy) is 1. The van der Waals surface area contributed by atoms with E-state index in [9.17, 15) is 19.5 Å². The normalized spacial score (nSPS) is 11.7. The molecule has 144 valence electrons. The molecule has 0 aliphatic rings. The van der Waals surface area contributed by atoms with E-state index in [-0.39, 0.29) is 29.1 Å². The summed E-state index contributed by atoms with van der Waals surface area (Å²) in [7, 11) is 0. The number of benzene rings is 1. The zero-order valence-electron chi connectivity index (χ0n) is 15.2. The summed E-state index contributed by atoms with van der Waals surface area (Å²) in [5.74, 6) is -1.07. The topological polar surface area (TPSA) is 121 Å². The highest BCUT2D eigenvalue weighted by molar-refractivity contribution is 8.00. The number of aromatic nitrogens is 2. The Bertz CT molecular complexity index is 880. The highest BCUT2D eigenvalue weighted by atomic mass is 32.2. The van der Waals surface area contributed by atoms with Crippen molar-refractivity contribution in [2.75, 3.05) is 11.9 Å². The van der Waals surface area contributed by atoms with Gasteiger partial charge in [0.15, 0.2) is 5.16 Å². The van der Waals surface area contributed by atoms with Gasteiger partial charge in [-0.05, 0) is 44.5 Å². The summed E-state index contributed by atoms with van der Waals surface area (Å²) in [6.45, 7) is 5.40. The Labute approximate surface area is 160 Å². The molecule has 0 spiro atoms. The van der Waals surface area contributed by atoms with Gasteiger partial charge in [-0.3, -0.25) is 9.59 Å². The molecule has 0 bridgehead atoms. The number of hydrogen-bond donors (Lipinski definition) is 3. The van der Waals surface area contributed by atoms with Gasteiger partial charge in [-0.1, -0.05) is 18.7 Å². The maximum absolute atomic E-state index is 12.3. The van der Waals surface area contributed by atoms with Gasteiger partial charge in [0.2, 0.25) is 11.8 Å². The zero-order chi connectivity index (χ0) is 20.0. The molecule has 1 aromatic carbocycles. The van der Waals surface area contributed by atoms with Crippen molar-refractivity contribution < 1.29 is 19.4 Å². The van der Waals surface area contributed by atoms with Gasteiger partial charge < -0.3 is 20.1 Å². The van der Waals surface area contributed by atoms with E-state index in [0.717, 1.165) is 11.8 Å². The van der Waals surface area contributed by atoms with E-state index >= 15 is 0 Å². The van der Waals surface area contributed by atoms with Crippen LogP contribution in [0, 0.1) is 0 Å². The van der Waals surface area contributed by atoms with Gasteiger partial charge >= 0.3 is 5.97 Å². The third-order valence-corrected chi connectivity index (χ3v) is 4.63. The van der Waals surface area contributed by atoms with Crippen LogP contribution in [0.1, 0.15) is 36.7 Å². The van der Waals surface area contributed by atoms with Crippen LogP contribution in [-0.4, -0.2) is 38.8 Å². The summed E-state index contributed by atoms with van der Waals surface area (Å²) in [6, 6.07) is 6.32. The van der Waals surface area contributed by atoms with Crippen LogP contribution in [-0.2, 0) is 16.0 Å². The van der Waals surface area contributed by atoms with Crippen molar-refractivity contribution in [2.24, 2.45) is 0 Å². The summed E-state index contributed by atoms with van der Waals surface area (Å²) in [5, 5.41) is 12.1. The van der Waals surface area contributed by atoms with Crippen LogP contribution >= 0.6 is 11.8 Å². The van der Waals surface area contributed by atoms with Gasteiger partial charge in [-0.15, -0.1) is 0 Å². The van der Waals surface area contributed by atoms with Crippen molar-refractivity contribution in [1.82, 2.24) is 9.97 Å². The first-order chi connectivity index (χ1) is 12.8. The Morgan fingerprint density at radius 1 is 1.30 bits per heavy atom. The molecule has 1 aromatic heterocycles. The number of nitrogens with zero attached hydrogens (tertiary/aromatic N) is 1. The van der Waals surface area contributed by atoms with Gasteiger partial charge in [-0.25, -0.2) is 4.79 Å². The monoisotopic (exact) mass is 391 g/mol. The van der Waals surface area contributed by atoms with Gasteiger partial charge in [0, 0.05) is 5.69 Å². The number of thioether (sulfide) groups is 1. The summed E-state index contributed by atoms with van der Waals surface area (Å²) in [5.41, 5.74) is 0.699. The lowest BCUT2D eigenvalue weighted by atomic mass is 10.2. The van der Waals surface area contributed by atoms with E-state index in [1.165, 1.54) is 0 Å². The number of rotatable bonds is 7. The minimum atomic E-state index is -0.579. The van der Waals surface area contributed by atoms with Crippen LogP contribution in [0.2, 0.25) is 0 Å². The zero-order valence-corrected chi connectivity index (χ0v) is 16.1. The molecule has 1 heterocycles. The van der Waals surface area contributed by atoms with E-state index < -0.39 is 16.8 Å². The number of carbonyl (C=O) groups excluding carboxylic acids is 2. The van der Waals surface area contributed by atoms with E-state index in [4.69, 9.17) is 4.74 Å². The highest BCUT2D eigenvalue weighted by Crippen LogP contribution is 2.22. The molecule has 3 N–H and O–H groups in total. The molecule has 1 amide bonds. The second kappa shape index (κ2) is 9.22. The van der Waals surface area contributed by atoms with Crippen LogP contribution in [0.25, 0.3) is 0 Å². The molecule has 2 rings (SSSR count). The number of anilines is 1. The van der Waals surface area contributed by atoms with Crippen LogP contribution < -0.4 is 10.9 Å². The maximum atomic E-state index is 12.3. The number of esters is 1. The first-order valence-corrected chi connectivity index (χ1v) is 9.30. The van der Waals surface area contributed by atoms with Crippen molar-refractivity contribution in [3.05, 3.63) is 45.7 Å². The first-order valence-electron chi connectivity index (χ1n) is 8.42. The number of carbonyl (C=O) groups is 2. The molecular formula is C18H21N3O5S. The molecule has 0 aliphatic heterocycles. The van der Waals surface area contributed by atoms with Crippen LogP contribution in [0.3, 0.4) is 0 Å².